The fourth-order valence-electron chi connectivity index (χ4n) is 3.15. The highest BCUT2D eigenvalue weighted by atomic mass is 16.4. The van der Waals surface area contributed by atoms with Crippen LogP contribution in [0.2, 0.25) is 0 Å². The van der Waals surface area contributed by atoms with Gasteiger partial charge in [-0.3, -0.25) is 9.59 Å². The molecule has 0 spiro atoms. The van der Waals surface area contributed by atoms with Crippen molar-refractivity contribution in [3.63, 3.8) is 0 Å². The minimum Gasteiger partial charge on any atom is -0.444 e. The first-order chi connectivity index (χ1) is 10.1. The first-order valence-corrected chi connectivity index (χ1v) is 7.66. The van der Waals surface area contributed by atoms with Gasteiger partial charge in [-0.25, -0.2) is 4.98 Å². The quantitative estimate of drug-likeness (QED) is 0.843. The average Bonchev–Trinajstić information content (AvgIpc) is 2.97. The standard InChI is InChI=1S/C15H21N3O3/c1-3-11-8-16-13(21-11)9-18-10(2)14(19)17-7-5-4-6-12(17)15(18)20/h8,10,12H,3-7,9H2,1-2H3. The number of fused-ring (bicyclic) bond motifs is 1. The number of aryl methyl sites for hydroxylation is 1. The molecule has 0 N–H and O–H groups in total. The molecule has 2 atom stereocenters. The lowest BCUT2D eigenvalue weighted by Gasteiger charge is -2.45. The van der Waals surface area contributed by atoms with Crippen molar-refractivity contribution >= 4 is 11.8 Å². The fraction of sp³-hybridized carbons (Fsp3) is 0.667. The Morgan fingerprint density at radius 1 is 1.33 bits per heavy atom. The first kappa shape index (κ1) is 14.1. The van der Waals surface area contributed by atoms with Crippen molar-refractivity contribution in [1.29, 1.82) is 0 Å². The molecule has 3 heterocycles. The van der Waals surface area contributed by atoms with Gasteiger partial charge in [0.2, 0.25) is 17.7 Å². The van der Waals surface area contributed by atoms with Crippen LogP contribution in [0.1, 0.15) is 44.8 Å². The van der Waals surface area contributed by atoms with Crippen LogP contribution in [-0.4, -0.2) is 45.2 Å². The second-order valence-corrected chi connectivity index (χ2v) is 5.76. The number of aromatic nitrogens is 1. The maximum Gasteiger partial charge on any atom is 0.246 e. The first-order valence-electron chi connectivity index (χ1n) is 7.66. The summed E-state index contributed by atoms with van der Waals surface area (Å²) in [6, 6.07) is -0.730. The van der Waals surface area contributed by atoms with Gasteiger partial charge in [0.1, 0.15) is 17.8 Å². The van der Waals surface area contributed by atoms with Crippen molar-refractivity contribution < 1.29 is 14.0 Å². The van der Waals surface area contributed by atoms with Crippen molar-refractivity contribution in [3.05, 3.63) is 17.8 Å². The van der Waals surface area contributed by atoms with Gasteiger partial charge in [-0.05, 0) is 26.2 Å². The van der Waals surface area contributed by atoms with E-state index in [-0.39, 0.29) is 24.4 Å². The van der Waals surface area contributed by atoms with E-state index in [0.29, 0.717) is 12.4 Å². The van der Waals surface area contributed by atoms with E-state index in [1.807, 2.05) is 6.92 Å². The van der Waals surface area contributed by atoms with Crippen molar-refractivity contribution in [1.82, 2.24) is 14.8 Å². The third-order valence-corrected chi connectivity index (χ3v) is 4.43. The average molecular weight is 291 g/mol. The topological polar surface area (TPSA) is 66.7 Å². The zero-order valence-electron chi connectivity index (χ0n) is 12.5. The molecule has 3 rings (SSSR count). The van der Waals surface area contributed by atoms with E-state index in [1.165, 1.54) is 0 Å². The number of carbonyl (C=O) groups excluding carboxylic acids is 2. The number of rotatable bonds is 3. The van der Waals surface area contributed by atoms with E-state index in [2.05, 4.69) is 4.98 Å². The highest BCUT2D eigenvalue weighted by molar-refractivity contribution is 5.96. The fourth-order valence-corrected chi connectivity index (χ4v) is 3.15. The molecule has 0 aromatic carbocycles. The van der Waals surface area contributed by atoms with E-state index in [0.717, 1.165) is 31.4 Å². The van der Waals surface area contributed by atoms with Crippen LogP contribution in [0.3, 0.4) is 0 Å². The predicted octanol–water partition coefficient (Wildman–Crippen LogP) is 1.35. The van der Waals surface area contributed by atoms with Gasteiger partial charge in [-0.2, -0.15) is 0 Å². The maximum atomic E-state index is 12.7. The molecule has 2 fully saturated rings. The van der Waals surface area contributed by atoms with Gasteiger partial charge < -0.3 is 14.2 Å². The maximum absolute atomic E-state index is 12.7. The van der Waals surface area contributed by atoms with E-state index >= 15 is 0 Å². The zero-order valence-corrected chi connectivity index (χ0v) is 12.5. The molecule has 0 aliphatic carbocycles. The van der Waals surface area contributed by atoms with Crippen LogP contribution in [0.4, 0.5) is 0 Å². The van der Waals surface area contributed by atoms with Crippen LogP contribution in [0.15, 0.2) is 10.6 Å². The Hall–Kier alpha value is -1.85. The number of piperazine rings is 1. The monoisotopic (exact) mass is 291 g/mol. The summed E-state index contributed by atoms with van der Waals surface area (Å²) in [6.45, 7) is 4.75. The molecular formula is C15H21N3O3. The van der Waals surface area contributed by atoms with Gasteiger partial charge in [0.05, 0.1) is 12.7 Å². The Balaban J connectivity index is 1.80. The summed E-state index contributed by atoms with van der Waals surface area (Å²) in [4.78, 5) is 32.7. The second kappa shape index (κ2) is 5.50. The van der Waals surface area contributed by atoms with Crippen LogP contribution in [0, 0.1) is 0 Å². The minimum atomic E-state index is -0.441. The molecule has 2 unspecified atom stereocenters. The van der Waals surface area contributed by atoms with E-state index in [9.17, 15) is 9.59 Å². The molecule has 21 heavy (non-hydrogen) atoms. The van der Waals surface area contributed by atoms with Gasteiger partial charge in [-0.1, -0.05) is 6.92 Å². The number of oxazole rings is 1. The minimum absolute atomic E-state index is 0.0260. The summed E-state index contributed by atoms with van der Waals surface area (Å²) in [6.07, 6.45) is 5.21. The molecule has 2 aliphatic rings. The Morgan fingerprint density at radius 3 is 2.86 bits per heavy atom. The SMILES string of the molecule is CCc1cnc(CN2C(=O)C3CCCCN3C(=O)C2C)o1. The molecule has 0 saturated carbocycles. The largest absolute Gasteiger partial charge is 0.444 e. The molecule has 6 nitrogen and oxygen atoms in total. The Labute approximate surface area is 124 Å². The number of hydrogen-bond donors (Lipinski definition) is 0. The third-order valence-electron chi connectivity index (χ3n) is 4.43. The van der Waals surface area contributed by atoms with E-state index in [4.69, 9.17) is 4.42 Å². The lowest BCUT2D eigenvalue weighted by molar-refractivity contribution is -0.163. The lowest BCUT2D eigenvalue weighted by Crippen LogP contribution is -2.64. The zero-order chi connectivity index (χ0) is 15.0. The van der Waals surface area contributed by atoms with Crippen LogP contribution in [-0.2, 0) is 22.6 Å². The Bertz CT molecular complexity index is 554. The van der Waals surface area contributed by atoms with Crippen LogP contribution in [0.25, 0.3) is 0 Å². The van der Waals surface area contributed by atoms with Crippen molar-refractivity contribution in [2.24, 2.45) is 0 Å². The van der Waals surface area contributed by atoms with Gasteiger partial charge in [0, 0.05) is 13.0 Å². The van der Waals surface area contributed by atoms with Crippen molar-refractivity contribution in [2.45, 2.75) is 58.2 Å². The second-order valence-electron chi connectivity index (χ2n) is 5.76. The Kier molecular flexibility index (Phi) is 3.69. The summed E-state index contributed by atoms with van der Waals surface area (Å²) >= 11 is 0. The highest BCUT2D eigenvalue weighted by Crippen LogP contribution is 2.27. The van der Waals surface area contributed by atoms with E-state index < -0.39 is 6.04 Å². The van der Waals surface area contributed by atoms with Gasteiger partial charge in [0.15, 0.2) is 0 Å². The number of carbonyl (C=O) groups is 2. The molecule has 114 valence electrons. The number of piperidine rings is 1. The summed E-state index contributed by atoms with van der Waals surface area (Å²) in [7, 11) is 0. The molecule has 0 bridgehead atoms. The van der Waals surface area contributed by atoms with Gasteiger partial charge >= 0.3 is 0 Å². The molecule has 1 aromatic heterocycles. The summed E-state index contributed by atoms with van der Waals surface area (Å²) in [5.74, 6) is 1.37. The summed E-state index contributed by atoms with van der Waals surface area (Å²) < 4.78 is 5.57. The van der Waals surface area contributed by atoms with E-state index in [1.54, 1.807) is 22.9 Å². The van der Waals surface area contributed by atoms with Crippen molar-refractivity contribution in [3.8, 4) is 0 Å². The van der Waals surface area contributed by atoms with Crippen LogP contribution in [0.5, 0.6) is 0 Å². The summed E-state index contributed by atoms with van der Waals surface area (Å²) in [5.41, 5.74) is 0. The number of nitrogens with zero attached hydrogens (tertiary/aromatic N) is 3. The number of amides is 2. The highest BCUT2D eigenvalue weighted by Gasteiger charge is 2.44. The molecule has 6 heteroatoms. The smallest absolute Gasteiger partial charge is 0.246 e. The van der Waals surface area contributed by atoms with Gasteiger partial charge in [0.25, 0.3) is 0 Å². The molecular weight excluding hydrogens is 270 g/mol. The molecule has 2 amide bonds. The Morgan fingerprint density at radius 2 is 2.14 bits per heavy atom. The van der Waals surface area contributed by atoms with Crippen LogP contribution >= 0.6 is 0 Å². The lowest BCUT2D eigenvalue weighted by atomic mass is 9.96. The molecule has 0 radical (unpaired) electrons. The summed E-state index contributed by atoms with van der Waals surface area (Å²) in [5, 5.41) is 0. The van der Waals surface area contributed by atoms with Crippen molar-refractivity contribution in [2.75, 3.05) is 6.54 Å². The van der Waals surface area contributed by atoms with Gasteiger partial charge in [-0.15, -0.1) is 0 Å². The normalized spacial score (nSPS) is 26.2. The third kappa shape index (κ3) is 2.43. The molecule has 2 aliphatic heterocycles. The molecule has 1 aromatic rings. The molecule has 2 saturated heterocycles. The van der Waals surface area contributed by atoms with Crippen LogP contribution < -0.4 is 0 Å². The predicted molar refractivity (Wildman–Crippen MR) is 75.2 cm³/mol. The number of hydrogen-bond acceptors (Lipinski definition) is 4.